The van der Waals surface area contributed by atoms with Crippen LogP contribution in [-0.4, -0.2) is 19.5 Å². The molecule has 0 fully saturated rings. The largest absolute Gasteiger partial charge is 0.456 e. The first-order valence-corrected chi connectivity index (χ1v) is 16.7. The minimum absolute atomic E-state index is 0.609. The molecule has 3 heterocycles. The molecule has 5 nitrogen and oxygen atoms in total. The minimum atomic E-state index is 0.609. The van der Waals surface area contributed by atoms with Crippen LogP contribution in [0.3, 0.4) is 0 Å². The summed E-state index contributed by atoms with van der Waals surface area (Å²) in [7, 11) is 0. The molecule has 0 aliphatic carbocycles. The van der Waals surface area contributed by atoms with Crippen LogP contribution in [0.5, 0.6) is 0 Å². The Balaban J connectivity index is 1.24. The zero-order chi connectivity index (χ0) is 33.0. The van der Waals surface area contributed by atoms with Gasteiger partial charge in [0.05, 0.1) is 16.4 Å². The first kappa shape index (κ1) is 28.2. The number of aromatic nitrogens is 4. The van der Waals surface area contributed by atoms with Crippen molar-refractivity contribution in [3.8, 4) is 51.0 Å². The van der Waals surface area contributed by atoms with Gasteiger partial charge < -0.3 is 8.98 Å². The smallest absolute Gasteiger partial charge is 0.164 e. The second-order valence-electron chi connectivity index (χ2n) is 12.5. The second-order valence-corrected chi connectivity index (χ2v) is 12.5. The van der Waals surface area contributed by atoms with Crippen LogP contribution in [0.25, 0.3) is 94.7 Å². The lowest BCUT2D eigenvalue weighted by Crippen LogP contribution is -2.00. The van der Waals surface area contributed by atoms with Crippen LogP contribution in [-0.2, 0) is 0 Å². The molecule has 3 aromatic heterocycles. The Morgan fingerprint density at radius 3 is 1.66 bits per heavy atom. The predicted octanol–water partition coefficient (Wildman–Crippen LogP) is 11.5. The van der Waals surface area contributed by atoms with Crippen LogP contribution in [0.2, 0.25) is 0 Å². The number of benzene rings is 7. The predicted molar refractivity (Wildman–Crippen MR) is 203 cm³/mol. The van der Waals surface area contributed by atoms with Gasteiger partial charge in [0, 0.05) is 38.5 Å². The second kappa shape index (κ2) is 11.4. The summed E-state index contributed by atoms with van der Waals surface area (Å²) >= 11 is 0. The van der Waals surface area contributed by atoms with Gasteiger partial charge in [0.2, 0.25) is 0 Å². The molecule has 0 unspecified atom stereocenters. The molecule has 10 aromatic rings. The third kappa shape index (κ3) is 4.60. The van der Waals surface area contributed by atoms with Crippen LogP contribution in [0, 0.1) is 0 Å². The molecule has 0 saturated carbocycles. The van der Waals surface area contributed by atoms with Crippen molar-refractivity contribution in [2.75, 3.05) is 0 Å². The molecular formula is C45H28N4O. The maximum atomic E-state index is 6.55. The van der Waals surface area contributed by atoms with Crippen molar-refractivity contribution in [2.24, 2.45) is 0 Å². The van der Waals surface area contributed by atoms with Gasteiger partial charge in [-0.3, -0.25) is 0 Å². The molecule has 0 spiro atoms. The molecular weight excluding hydrogens is 613 g/mol. The van der Waals surface area contributed by atoms with Gasteiger partial charge in [0.15, 0.2) is 17.5 Å². The van der Waals surface area contributed by atoms with Gasteiger partial charge in [-0.15, -0.1) is 0 Å². The van der Waals surface area contributed by atoms with E-state index < -0.39 is 0 Å². The summed E-state index contributed by atoms with van der Waals surface area (Å²) in [5.41, 5.74) is 10.1. The normalized spacial score (nSPS) is 11.6. The van der Waals surface area contributed by atoms with Gasteiger partial charge >= 0.3 is 0 Å². The molecule has 10 rings (SSSR count). The summed E-state index contributed by atoms with van der Waals surface area (Å²) in [5, 5.41) is 4.43. The van der Waals surface area contributed by atoms with Crippen molar-refractivity contribution in [1.29, 1.82) is 0 Å². The number of hydrogen-bond donors (Lipinski definition) is 0. The van der Waals surface area contributed by atoms with Gasteiger partial charge in [0.25, 0.3) is 0 Å². The first-order valence-electron chi connectivity index (χ1n) is 16.7. The van der Waals surface area contributed by atoms with Crippen molar-refractivity contribution in [1.82, 2.24) is 19.5 Å². The van der Waals surface area contributed by atoms with E-state index in [-0.39, 0.29) is 0 Å². The van der Waals surface area contributed by atoms with Crippen LogP contribution in [0.1, 0.15) is 0 Å². The quantitative estimate of drug-likeness (QED) is 0.188. The van der Waals surface area contributed by atoms with Gasteiger partial charge in [-0.2, -0.15) is 0 Å². The Morgan fingerprint density at radius 1 is 0.380 bits per heavy atom. The minimum Gasteiger partial charge on any atom is -0.456 e. The zero-order valence-electron chi connectivity index (χ0n) is 26.9. The van der Waals surface area contributed by atoms with E-state index in [0.29, 0.717) is 17.5 Å². The highest BCUT2D eigenvalue weighted by Crippen LogP contribution is 2.42. The lowest BCUT2D eigenvalue weighted by atomic mass is 10.0. The Kier molecular flexibility index (Phi) is 6.42. The number of hydrogen-bond acceptors (Lipinski definition) is 4. The summed E-state index contributed by atoms with van der Waals surface area (Å²) in [6.07, 6.45) is 0. The van der Waals surface area contributed by atoms with Crippen molar-refractivity contribution in [3.63, 3.8) is 0 Å². The van der Waals surface area contributed by atoms with Crippen LogP contribution >= 0.6 is 0 Å². The molecule has 50 heavy (non-hydrogen) atoms. The average Bonchev–Trinajstić information content (AvgIpc) is 3.74. The van der Waals surface area contributed by atoms with E-state index in [1.807, 2.05) is 72.8 Å². The average molecular weight is 641 g/mol. The van der Waals surface area contributed by atoms with Gasteiger partial charge in [-0.05, 0) is 59.7 Å². The number of rotatable bonds is 5. The Bertz CT molecular complexity index is 2800. The highest BCUT2D eigenvalue weighted by atomic mass is 16.3. The third-order valence-electron chi connectivity index (χ3n) is 9.44. The summed E-state index contributed by atoms with van der Waals surface area (Å²) in [5.74, 6) is 1.87. The van der Waals surface area contributed by atoms with Crippen molar-refractivity contribution in [2.45, 2.75) is 0 Å². The molecule has 5 heteroatoms. The number of fused-ring (bicyclic) bond motifs is 7. The van der Waals surface area contributed by atoms with Crippen molar-refractivity contribution >= 4 is 43.7 Å². The van der Waals surface area contributed by atoms with Crippen LogP contribution in [0.15, 0.2) is 174 Å². The summed E-state index contributed by atoms with van der Waals surface area (Å²) in [4.78, 5) is 14.9. The van der Waals surface area contributed by atoms with E-state index in [1.54, 1.807) is 0 Å². The van der Waals surface area contributed by atoms with E-state index in [4.69, 9.17) is 19.4 Å². The van der Waals surface area contributed by atoms with Crippen LogP contribution in [0.4, 0.5) is 0 Å². The summed E-state index contributed by atoms with van der Waals surface area (Å²) in [6.45, 7) is 0. The lowest BCUT2D eigenvalue weighted by Gasteiger charge is -2.11. The summed E-state index contributed by atoms with van der Waals surface area (Å²) in [6, 6.07) is 58.6. The number of para-hydroxylation sites is 1. The first-order chi connectivity index (χ1) is 24.8. The monoisotopic (exact) mass is 640 g/mol. The topological polar surface area (TPSA) is 56.7 Å². The zero-order valence-corrected chi connectivity index (χ0v) is 26.9. The van der Waals surface area contributed by atoms with Crippen molar-refractivity contribution in [3.05, 3.63) is 170 Å². The fraction of sp³-hybridized carbons (Fsp3) is 0. The fourth-order valence-corrected chi connectivity index (χ4v) is 7.12. The molecule has 234 valence electrons. The number of nitrogens with zero attached hydrogens (tertiary/aromatic N) is 4. The van der Waals surface area contributed by atoms with Gasteiger partial charge in [-0.1, -0.05) is 121 Å². The molecule has 0 bridgehead atoms. The van der Waals surface area contributed by atoms with Crippen molar-refractivity contribution < 1.29 is 4.42 Å². The maximum absolute atomic E-state index is 6.55. The molecule has 0 aliphatic rings. The van der Waals surface area contributed by atoms with E-state index in [2.05, 4.69) is 102 Å². The van der Waals surface area contributed by atoms with Gasteiger partial charge in [-0.25, -0.2) is 15.0 Å². The molecule has 0 atom stereocenters. The SMILES string of the molecule is c1ccc(-c2cccc(-n3c4ccccc4c4ccc5oc6ccc(-c7nc(-c8ccccc8)nc(-c8ccccc8)n7)cc6c5c43)c2)cc1. The van der Waals surface area contributed by atoms with Crippen LogP contribution < -0.4 is 0 Å². The molecule has 0 N–H and O–H groups in total. The lowest BCUT2D eigenvalue weighted by molar-refractivity contribution is 0.669. The number of furan rings is 1. The molecule has 0 radical (unpaired) electrons. The summed E-state index contributed by atoms with van der Waals surface area (Å²) < 4.78 is 8.93. The Morgan fingerprint density at radius 2 is 0.960 bits per heavy atom. The molecule has 0 amide bonds. The fourth-order valence-electron chi connectivity index (χ4n) is 7.12. The highest BCUT2D eigenvalue weighted by Gasteiger charge is 2.20. The Hall–Kier alpha value is -6.85. The maximum Gasteiger partial charge on any atom is 0.164 e. The van der Waals surface area contributed by atoms with Gasteiger partial charge in [0.1, 0.15) is 11.2 Å². The Labute approximate surface area is 287 Å². The van der Waals surface area contributed by atoms with E-state index in [1.165, 1.54) is 21.9 Å². The molecule has 0 aliphatic heterocycles. The molecule has 0 saturated heterocycles. The van der Waals surface area contributed by atoms with E-state index in [9.17, 15) is 0 Å². The molecule has 7 aromatic carbocycles. The third-order valence-corrected chi connectivity index (χ3v) is 9.44. The standard InChI is InChI=1S/C45H28N4O/c1-4-13-29(14-5-1)32-19-12-20-34(27-32)49-38-22-11-10-21-35(38)36-24-26-40-41(42(36)49)37-28-33(23-25-39(37)50-40)45-47-43(30-15-6-2-7-16-30)46-44(48-45)31-17-8-3-9-18-31/h1-28H. The van der Waals surface area contributed by atoms with E-state index >= 15 is 0 Å². The highest BCUT2D eigenvalue weighted by molar-refractivity contribution is 6.24. The van der Waals surface area contributed by atoms with E-state index in [0.717, 1.165) is 55.3 Å².